The predicted molar refractivity (Wildman–Crippen MR) is 57.8 cm³/mol. The van der Waals surface area contributed by atoms with Crippen LogP contribution >= 0.6 is 12.4 Å². The van der Waals surface area contributed by atoms with Crippen LogP contribution in [0.1, 0.15) is 6.92 Å². The molecule has 5 heteroatoms. The minimum Gasteiger partial charge on any atom is -0.408 e. The molecule has 0 aliphatic rings. The lowest BCUT2D eigenvalue weighted by Gasteiger charge is -1.95. The van der Waals surface area contributed by atoms with Crippen LogP contribution < -0.4 is 11.5 Å². The third kappa shape index (κ3) is 1.48. The van der Waals surface area contributed by atoms with Crippen LogP contribution in [0, 0.1) is 0 Å². The molecule has 0 fully saturated rings. The quantitative estimate of drug-likeness (QED) is 0.734. The first kappa shape index (κ1) is 10.7. The number of rotatable bonds is 1. The summed E-state index contributed by atoms with van der Waals surface area (Å²) in [5.74, 6) is -0.330. The van der Waals surface area contributed by atoms with Gasteiger partial charge < -0.3 is 10.2 Å². The molecule has 0 aliphatic carbocycles. The van der Waals surface area contributed by atoms with Gasteiger partial charge in [0.15, 0.2) is 5.58 Å². The fourth-order valence-corrected chi connectivity index (χ4v) is 1.38. The monoisotopic (exact) mass is 214 g/mol. The summed E-state index contributed by atoms with van der Waals surface area (Å²) in [7, 11) is 0. The van der Waals surface area contributed by atoms with Crippen molar-refractivity contribution >= 4 is 29.2 Å². The van der Waals surface area contributed by atoms with Crippen molar-refractivity contribution < 1.29 is 4.42 Å². The normalized spacial score (nSPS) is 10.1. The minimum atomic E-state index is -0.330. The molecule has 0 radical (unpaired) electrons. The Balaban J connectivity index is 0.000000980. The predicted octanol–water partition coefficient (Wildman–Crippen LogP) is 1.62. The fourth-order valence-electron chi connectivity index (χ4n) is 1.38. The topological polar surface area (TPSA) is 61.2 Å². The molecule has 2 N–H and O–H groups in total. The molecule has 4 nitrogen and oxygen atoms in total. The molecular weight excluding hydrogens is 204 g/mol. The lowest BCUT2D eigenvalue weighted by atomic mass is 10.3. The van der Waals surface area contributed by atoms with Gasteiger partial charge in [-0.3, -0.25) is 4.57 Å². The van der Waals surface area contributed by atoms with E-state index in [1.165, 1.54) is 0 Å². The van der Waals surface area contributed by atoms with Crippen molar-refractivity contribution in [1.82, 2.24) is 4.57 Å². The molecule has 76 valence electrons. The van der Waals surface area contributed by atoms with Gasteiger partial charge in [-0.2, -0.15) is 0 Å². The molecule has 2 aromatic rings. The molecule has 0 saturated heterocycles. The van der Waals surface area contributed by atoms with E-state index >= 15 is 0 Å². The number of nitrogen functional groups attached to an aromatic ring is 1. The third-order valence-electron chi connectivity index (χ3n) is 2.01. The lowest BCUT2D eigenvalue weighted by Crippen LogP contribution is -2.11. The SMILES string of the molecule is CCn1c(=O)oc2cc(N)ccc21.Cl. The highest BCUT2D eigenvalue weighted by molar-refractivity contribution is 5.85. The van der Waals surface area contributed by atoms with Crippen molar-refractivity contribution in [1.29, 1.82) is 0 Å². The Morgan fingerprint density at radius 3 is 2.86 bits per heavy atom. The van der Waals surface area contributed by atoms with E-state index in [9.17, 15) is 4.79 Å². The average Bonchev–Trinajstić information content (AvgIpc) is 2.39. The zero-order chi connectivity index (χ0) is 9.42. The average molecular weight is 215 g/mol. The Hall–Kier alpha value is -1.42. The second kappa shape index (κ2) is 3.75. The zero-order valence-electron chi connectivity index (χ0n) is 7.69. The lowest BCUT2D eigenvalue weighted by molar-refractivity contribution is 0.513. The van der Waals surface area contributed by atoms with Gasteiger partial charge in [0.2, 0.25) is 0 Å². The standard InChI is InChI=1S/C9H10N2O2.ClH/c1-2-11-7-4-3-6(10)5-8(7)13-9(11)12;/h3-5H,2,10H2,1H3;1H. The van der Waals surface area contributed by atoms with E-state index in [1.54, 1.807) is 22.8 Å². The van der Waals surface area contributed by atoms with Gasteiger partial charge in [0.25, 0.3) is 0 Å². The van der Waals surface area contributed by atoms with E-state index in [0.717, 1.165) is 5.52 Å². The van der Waals surface area contributed by atoms with Gasteiger partial charge in [-0.05, 0) is 19.1 Å². The molecule has 0 amide bonds. The van der Waals surface area contributed by atoms with Crippen LogP contribution in [0.25, 0.3) is 11.1 Å². The molecular formula is C9H11ClN2O2. The fraction of sp³-hybridized carbons (Fsp3) is 0.222. The molecule has 0 spiro atoms. The first-order chi connectivity index (χ1) is 6.22. The number of aryl methyl sites for hydroxylation is 1. The Morgan fingerprint density at radius 2 is 2.21 bits per heavy atom. The minimum absolute atomic E-state index is 0. The molecule has 0 bridgehead atoms. The van der Waals surface area contributed by atoms with Crippen LogP contribution in [0.15, 0.2) is 27.4 Å². The maximum Gasteiger partial charge on any atom is 0.419 e. The maximum atomic E-state index is 11.2. The highest BCUT2D eigenvalue weighted by Gasteiger charge is 2.06. The Kier molecular flexibility index (Phi) is 2.86. The van der Waals surface area contributed by atoms with Gasteiger partial charge in [0, 0.05) is 18.3 Å². The van der Waals surface area contributed by atoms with E-state index in [0.29, 0.717) is 17.8 Å². The Labute approximate surface area is 86.7 Å². The molecule has 0 unspecified atom stereocenters. The van der Waals surface area contributed by atoms with Crippen LogP contribution in [0.2, 0.25) is 0 Å². The van der Waals surface area contributed by atoms with Gasteiger partial charge in [0.1, 0.15) is 0 Å². The summed E-state index contributed by atoms with van der Waals surface area (Å²) in [5, 5.41) is 0. The number of halogens is 1. The number of nitrogens with two attached hydrogens (primary N) is 1. The number of anilines is 1. The number of oxazole rings is 1. The van der Waals surface area contributed by atoms with Gasteiger partial charge in [-0.25, -0.2) is 4.79 Å². The number of fused-ring (bicyclic) bond motifs is 1. The van der Waals surface area contributed by atoms with E-state index in [-0.39, 0.29) is 18.2 Å². The summed E-state index contributed by atoms with van der Waals surface area (Å²) in [6.45, 7) is 2.50. The summed E-state index contributed by atoms with van der Waals surface area (Å²) in [6, 6.07) is 5.20. The molecule has 0 aliphatic heterocycles. The van der Waals surface area contributed by atoms with Gasteiger partial charge in [0.05, 0.1) is 5.52 Å². The number of hydrogen-bond acceptors (Lipinski definition) is 3. The van der Waals surface area contributed by atoms with Gasteiger partial charge in [-0.1, -0.05) is 0 Å². The summed E-state index contributed by atoms with van der Waals surface area (Å²) in [4.78, 5) is 11.2. The Morgan fingerprint density at radius 1 is 1.50 bits per heavy atom. The zero-order valence-corrected chi connectivity index (χ0v) is 8.50. The molecule has 0 atom stereocenters. The number of hydrogen-bond donors (Lipinski definition) is 1. The maximum absolute atomic E-state index is 11.2. The van der Waals surface area contributed by atoms with Crippen LogP contribution in [0.5, 0.6) is 0 Å². The van der Waals surface area contributed by atoms with E-state index in [2.05, 4.69) is 0 Å². The number of nitrogens with zero attached hydrogens (tertiary/aromatic N) is 1. The van der Waals surface area contributed by atoms with Gasteiger partial charge >= 0.3 is 5.76 Å². The highest BCUT2D eigenvalue weighted by atomic mass is 35.5. The summed E-state index contributed by atoms with van der Waals surface area (Å²) < 4.78 is 6.56. The summed E-state index contributed by atoms with van der Waals surface area (Å²) in [5.41, 5.74) is 7.50. The van der Waals surface area contributed by atoms with E-state index in [4.69, 9.17) is 10.2 Å². The second-order valence-electron chi connectivity index (χ2n) is 2.84. The molecule has 1 aromatic heterocycles. The molecule has 1 aromatic carbocycles. The third-order valence-corrected chi connectivity index (χ3v) is 2.01. The number of benzene rings is 1. The first-order valence-electron chi connectivity index (χ1n) is 4.11. The highest BCUT2D eigenvalue weighted by Crippen LogP contribution is 2.15. The van der Waals surface area contributed by atoms with Crippen molar-refractivity contribution in [2.45, 2.75) is 13.5 Å². The Bertz CT molecular complexity index is 501. The van der Waals surface area contributed by atoms with Crippen LogP contribution in [0.3, 0.4) is 0 Å². The van der Waals surface area contributed by atoms with E-state index in [1.807, 2.05) is 6.92 Å². The van der Waals surface area contributed by atoms with Crippen LogP contribution in [-0.4, -0.2) is 4.57 Å². The van der Waals surface area contributed by atoms with Crippen LogP contribution in [-0.2, 0) is 6.54 Å². The van der Waals surface area contributed by atoms with Crippen molar-refractivity contribution in [3.63, 3.8) is 0 Å². The first-order valence-corrected chi connectivity index (χ1v) is 4.11. The van der Waals surface area contributed by atoms with E-state index < -0.39 is 0 Å². The summed E-state index contributed by atoms with van der Waals surface area (Å²) in [6.07, 6.45) is 0. The molecule has 14 heavy (non-hydrogen) atoms. The second-order valence-corrected chi connectivity index (χ2v) is 2.84. The van der Waals surface area contributed by atoms with Gasteiger partial charge in [-0.15, -0.1) is 12.4 Å². The molecule has 2 rings (SSSR count). The van der Waals surface area contributed by atoms with Crippen molar-refractivity contribution in [3.8, 4) is 0 Å². The van der Waals surface area contributed by atoms with Crippen LogP contribution in [0.4, 0.5) is 5.69 Å². The van der Waals surface area contributed by atoms with Crippen molar-refractivity contribution in [2.75, 3.05) is 5.73 Å². The van der Waals surface area contributed by atoms with Crippen molar-refractivity contribution in [3.05, 3.63) is 28.7 Å². The molecule has 0 saturated carbocycles. The number of aromatic nitrogens is 1. The van der Waals surface area contributed by atoms with Crippen molar-refractivity contribution in [2.24, 2.45) is 0 Å². The smallest absolute Gasteiger partial charge is 0.408 e. The molecule has 1 heterocycles. The summed E-state index contributed by atoms with van der Waals surface area (Å²) >= 11 is 0. The largest absolute Gasteiger partial charge is 0.419 e.